The Balaban J connectivity index is 1.71. The fraction of sp³-hybridized carbons (Fsp3) is 0.222. The molecule has 4 rings (SSSR count). The molecule has 6 nitrogen and oxygen atoms in total. The van der Waals surface area contributed by atoms with Crippen LogP contribution in [0.1, 0.15) is 18.5 Å². The highest BCUT2D eigenvalue weighted by Gasteiger charge is 2.55. The maximum Gasteiger partial charge on any atom is 0.318 e. The Hall–Kier alpha value is -2.44. The van der Waals surface area contributed by atoms with E-state index in [1.807, 2.05) is 0 Å². The first kappa shape index (κ1) is 17.0. The van der Waals surface area contributed by atoms with Crippen LogP contribution in [-0.2, 0) is 4.79 Å². The number of hydrogen-bond acceptors (Lipinski definition) is 3. The summed E-state index contributed by atoms with van der Waals surface area (Å²) in [6.45, 7) is 1.68. The van der Waals surface area contributed by atoms with Gasteiger partial charge in [0.1, 0.15) is 11.7 Å². The normalized spacial score (nSPS) is 26.0. The monoisotopic (exact) mass is 391 g/mol. The van der Waals surface area contributed by atoms with Gasteiger partial charge in [0.05, 0.1) is 6.04 Å². The Kier molecular flexibility index (Phi) is 3.97. The molecule has 2 bridgehead atoms. The van der Waals surface area contributed by atoms with E-state index >= 15 is 0 Å². The molecule has 0 saturated carbocycles. The Morgan fingerprint density at radius 3 is 2.58 bits per heavy atom. The first-order valence-corrected chi connectivity index (χ1v) is 8.75. The summed E-state index contributed by atoms with van der Waals surface area (Å²) in [5.74, 6) is -0.426. The number of carbonyl (C=O) groups excluding carboxylic acids is 2. The first-order valence-electron chi connectivity index (χ1n) is 7.99. The molecule has 26 heavy (non-hydrogen) atoms. The summed E-state index contributed by atoms with van der Waals surface area (Å²) in [5.41, 5.74) is 0.0787. The molecule has 0 unspecified atom stereocenters. The topological polar surface area (TPSA) is 79.5 Å². The van der Waals surface area contributed by atoms with Gasteiger partial charge < -0.3 is 15.4 Å². The second-order valence-corrected chi connectivity index (χ2v) is 7.31. The standard InChI is InChI=1S/C18H15Cl2N3O3/c1-18-14(16(24)21-11-5-2-9(19)3-6-11)15(22-17(25)23-18)12-8-10(20)4-7-13(12)26-18/h2-8,14-15H,1H3,(H,21,24)(H2,22,23,25)/t14-,15+,18-/m0/s1. The zero-order chi connectivity index (χ0) is 18.5. The van der Waals surface area contributed by atoms with Crippen LogP contribution in [0.3, 0.4) is 0 Å². The molecule has 2 heterocycles. The van der Waals surface area contributed by atoms with Crippen LogP contribution < -0.4 is 20.7 Å². The lowest BCUT2D eigenvalue weighted by Crippen LogP contribution is -2.70. The highest BCUT2D eigenvalue weighted by molar-refractivity contribution is 6.31. The number of anilines is 1. The summed E-state index contributed by atoms with van der Waals surface area (Å²) in [7, 11) is 0. The van der Waals surface area contributed by atoms with Crippen molar-refractivity contribution < 1.29 is 14.3 Å². The van der Waals surface area contributed by atoms with Crippen LogP contribution in [0.5, 0.6) is 5.75 Å². The fourth-order valence-electron chi connectivity index (χ4n) is 3.47. The van der Waals surface area contributed by atoms with Crippen LogP contribution in [-0.4, -0.2) is 17.7 Å². The second-order valence-electron chi connectivity index (χ2n) is 6.44. The molecule has 0 spiro atoms. The number of hydrogen-bond donors (Lipinski definition) is 3. The van der Waals surface area contributed by atoms with Gasteiger partial charge in [0.15, 0.2) is 5.72 Å². The van der Waals surface area contributed by atoms with Crippen molar-refractivity contribution in [3.63, 3.8) is 0 Å². The van der Waals surface area contributed by atoms with E-state index in [1.54, 1.807) is 49.4 Å². The number of carbonyl (C=O) groups is 2. The van der Waals surface area contributed by atoms with Crippen molar-refractivity contribution in [3.8, 4) is 5.75 Å². The molecule has 134 valence electrons. The molecule has 1 saturated heterocycles. The third kappa shape index (κ3) is 2.85. The highest BCUT2D eigenvalue weighted by atomic mass is 35.5. The average Bonchev–Trinajstić information content (AvgIpc) is 2.56. The van der Waals surface area contributed by atoms with Crippen molar-refractivity contribution in [2.45, 2.75) is 18.7 Å². The van der Waals surface area contributed by atoms with Gasteiger partial charge in [-0.2, -0.15) is 0 Å². The first-order chi connectivity index (χ1) is 12.4. The summed E-state index contributed by atoms with van der Waals surface area (Å²) in [5, 5.41) is 9.46. The third-order valence-corrected chi connectivity index (χ3v) is 5.09. The Bertz CT molecular complexity index is 903. The number of rotatable bonds is 2. The van der Waals surface area contributed by atoms with Gasteiger partial charge in [0, 0.05) is 21.3 Å². The number of amides is 3. The lowest BCUT2D eigenvalue weighted by molar-refractivity contribution is -0.133. The van der Waals surface area contributed by atoms with Gasteiger partial charge >= 0.3 is 6.03 Å². The number of benzene rings is 2. The van der Waals surface area contributed by atoms with Crippen LogP contribution in [0, 0.1) is 5.92 Å². The number of fused-ring (bicyclic) bond motifs is 4. The van der Waals surface area contributed by atoms with Crippen molar-refractivity contribution in [2.75, 3.05) is 5.32 Å². The quantitative estimate of drug-likeness (QED) is 0.729. The molecule has 3 amide bonds. The number of halogens is 2. The van der Waals surface area contributed by atoms with E-state index in [0.717, 1.165) is 0 Å². The van der Waals surface area contributed by atoms with Crippen molar-refractivity contribution in [2.24, 2.45) is 5.92 Å². The highest BCUT2D eigenvalue weighted by Crippen LogP contribution is 2.45. The molecule has 0 aromatic heterocycles. The van der Waals surface area contributed by atoms with E-state index in [-0.39, 0.29) is 5.91 Å². The van der Waals surface area contributed by atoms with Gasteiger partial charge in [-0.25, -0.2) is 4.79 Å². The molecule has 3 N–H and O–H groups in total. The van der Waals surface area contributed by atoms with Gasteiger partial charge in [0.2, 0.25) is 5.91 Å². The molecular weight excluding hydrogens is 377 g/mol. The van der Waals surface area contributed by atoms with E-state index in [9.17, 15) is 9.59 Å². The van der Waals surface area contributed by atoms with E-state index in [2.05, 4.69) is 16.0 Å². The number of urea groups is 1. The predicted octanol–water partition coefficient (Wildman–Crippen LogP) is 3.71. The molecule has 0 aliphatic carbocycles. The predicted molar refractivity (Wildman–Crippen MR) is 98.5 cm³/mol. The maximum atomic E-state index is 13.0. The number of nitrogens with one attached hydrogen (secondary N) is 3. The van der Waals surface area contributed by atoms with E-state index in [0.29, 0.717) is 27.0 Å². The van der Waals surface area contributed by atoms with Gasteiger partial charge in [0.25, 0.3) is 0 Å². The molecule has 2 aromatic carbocycles. The summed E-state index contributed by atoms with van der Waals surface area (Å²) in [6, 6.07) is 11.0. The molecular formula is C18H15Cl2N3O3. The zero-order valence-corrected chi connectivity index (χ0v) is 15.2. The van der Waals surface area contributed by atoms with Gasteiger partial charge in [-0.05, 0) is 49.4 Å². The van der Waals surface area contributed by atoms with E-state index in [1.165, 1.54) is 0 Å². The summed E-state index contributed by atoms with van der Waals surface area (Å²) < 4.78 is 5.99. The maximum absolute atomic E-state index is 13.0. The average molecular weight is 392 g/mol. The zero-order valence-electron chi connectivity index (χ0n) is 13.7. The molecule has 1 fully saturated rings. The molecule has 8 heteroatoms. The van der Waals surface area contributed by atoms with Gasteiger partial charge in [-0.15, -0.1) is 0 Å². The molecule has 0 radical (unpaired) electrons. The molecule has 3 atom stereocenters. The summed E-state index contributed by atoms with van der Waals surface area (Å²) in [4.78, 5) is 25.1. The van der Waals surface area contributed by atoms with Gasteiger partial charge in [-0.3, -0.25) is 10.1 Å². The molecule has 2 aromatic rings. The van der Waals surface area contributed by atoms with Crippen LogP contribution in [0.25, 0.3) is 0 Å². The molecule has 2 aliphatic heterocycles. The van der Waals surface area contributed by atoms with Crippen molar-refractivity contribution >= 4 is 40.8 Å². The van der Waals surface area contributed by atoms with Crippen LogP contribution in [0.4, 0.5) is 10.5 Å². The minimum absolute atomic E-state index is 0.294. The smallest absolute Gasteiger partial charge is 0.318 e. The summed E-state index contributed by atoms with van der Waals surface area (Å²) in [6.07, 6.45) is 0. The van der Waals surface area contributed by atoms with Crippen LogP contribution >= 0.6 is 23.2 Å². The number of ether oxygens (including phenoxy) is 1. The summed E-state index contributed by atoms with van der Waals surface area (Å²) >= 11 is 12.0. The lowest BCUT2D eigenvalue weighted by atomic mass is 9.80. The van der Waals surface area contributed by atoms with E-state index < -0.39 is 23.7 Å². The van der Waals surface area contributed by atoms with E-state index in [4.69, 9.17) is 27.9 Å². The Labute approximate surface area is 159 Å². The second kappa shape index (κ2) is 6.07. The Morgan fingerprint density at radius 2 is 1.85 bits per heavy atom. The van der Waals surface area contributed by atoms with Crippen LogP contribution in [0.15, 0.2) is 42.5 Å². The minimum atomic E-state index is -1.19. The Morgan fingerprint density at radius 1 is 1.15 bits per heavy atom. The lowest BCUT2D eigenvalue weighted by Gasteiger charge is -2.49. The van der Waals surface area contributed by atoms with Crippen molar-refractivity contribution in [1.82, 2.24) is 10.6 Å². The fourth-order valence-corrected chi connectivity index (χ4v) is 3.77. The largest absolute Gasteiger partial charge is 0.467 e. The van der Waals surface area contributed by atoms with Crippen molar-refractivity contribution in [1.29, 1.82) is 0 Å². The third-order valence-electron chi connectivity index (χ3n) is 4.60. The van der Waals surface area contributed by atoms with Crippen LogP contribution in [0.2, 0.25) is 10.0 Å². The van der Waals surface area contributed by atoms with Gasteiger partial charge in [-0.1, -0.05) is 23.2 Å². The minimum Gasteiger partial charge on any atom is -0.467 e. The molecule has 2 aliphatic rings. The van der Waals surface area contributed by atoms with Crippen molar-refractivity contribution in [3.05, 3.63) is 58.1 Å². The SMILES string of the molecule is C[C@]12NC(=O)N[C@H](c3cc(Cl)ccc3O1)[C@H]2C(=O)Nc1ccc(Cl)cc1.